The molecular formula is C15H21ClINO. The third-order valence-electron chi connectivity index (χ3n) is 3.38. The van der Waals surface area contributed by atoms with Gasteiger partial charge in [0.05, 0.1) is 5.56 Å². The first-order chi connectivity index (χ1) is 8.82. The minimum absolute atomic E-state index is 0.0433. The zero-order valence-electron chi connectivity index (χ0n) is 11.8. The zero-order chi connectivity index (χ0) is 14.6. The van der Waals surface area contributed by atoms with Crippen molar-refractivity contribution in [1.29, 1.82) is 0 Å². The van der Waals surface area contributed by atoms with Crippen molar-refractivity contribution in [2.24, 2.45) is 17.8 Å². The second-order valence-corrected chi connectivity index (χ2v) is 7.08. The van der Waals surface area contributed by atoms with Crippen LogP contribution in [0.3, 0.4) is 0 Å². The van der Waals surface area contributed by atoms with Crippen LogP contribution in [-0.4, -0.2) is 12.5 Å². The zero-order valence-corrected chi connectivity index (χ0v) is 14.7. The largest absolute Gasteiger partial charge is 0.352 e. The molecule has 0 atom stereocenters. The lowest BCUT2D eigenvalue weighted by Crippen LogP contribution is -2.34. The van der Waals surface area contributed by atoms with Gasteiger partial charge in [0.1, 0.15) is 0 Å². The number of nitrogens with one attached hydrogen (secondary N) is 1. The van der Waals surface area contributed by atoms with Crippen LogP contribution in [0.15, 0.2) is 18.2 Å². The third-order valence-corrected chi connectivity index (χ3v) is 4.56. The predicted octanol–water partition coefficient (Wildman–Crippen LogP) is 4.60. The Morgan fingerprint density at radius 1 is 1.26 bits per heavy atom. The van der Waals surface area contributed by atoms with Gasteiger partial charge in [-0.05, 0) is 58.5 Å². The van der Waals surface area contributed by atoms with E-state index in [0.29, 0.717) is 34.9 Å². The SMILES string of the molecule is CC(C)C(CNC(=O)c1cc(Cl)ccc1I)C(C)C. The second kappa shape index (κ2) is 7.48. The first-order valence-corrected chi connectivity index (χ1v) is 8.01. The number of hydrogen-bond donors (Lipinski definition) is 1. The van der Waals surface area contributed by atoms with Crippen LogP contribution in [0.2, 0.25) is 5.02 Å². The van der Waals surface area contributed by atoms with Gasteiger partial charge in [-0.2, -0.15) is 0 Å². The molecule has 0 bridgehead atoms. The third kappa shape index (κ3) is 4.95. The molecule has 1 rings (SSSR count). The monoisotopic (exact) mass is 393 g/mol. The van der Waals surface area contributed by atoms with Gasteiger partial charge >= 0.3 is 0 Å². The van der Waals surface area contributed by atoms with E-state index in [-0.39, 0.29) is 5.91 Å². The van der Waals surface area contributed by atoms with Crippen LogP contribution >= 0.6 is 34.2 Å². The van der Waals surface area contributed by atoms with Gasteiger partial charge in [-0.15, -0.1) is 0 Å². The molecule has 2 nitrogen and oxygen atoms in total. The number of carbonyl (C=O) groups is 1. The highest BCUT2D eigenvalue weighted by molar-refractivity contribution is 14.1. The van der Waals surface area contributed by atoms with Crippen molar-refractivity contribution in [3.05, 3.63) is 32.4 Å². The molecule has 4 heteroatoms. The standard InChI is InChI=1S/C15H21ClINO/c1-9(2)13(10(3)4)8-18-15(19)12-7-11(16)5-6-14(12)17/h5-7,9-10,13H,8H2,1-4H3,(H,18,19). The van der Waals surface area contributed by atoms with Crippen LogP contribution in [-0.2, 0) is 0 Å². The first kappa shape index (κ1) is 16.8. The van der Waals surface area contributed by atoms with Crippen molar-refractivity contribution >= 4 is 40.1 Å². The van der Waals surface area contributed by atoms with E-state index in [1.807, 2.05) is 6.07 Å². The maximum Gasteiger partial charge on any atom is 0.252 e. The van der Waals surface area contributed by atoms with Crippen molar-refractivity contribution in [2.75, 3.05) is 6.54 Å². The summed E-state index contributed by atoms with van der Waals surface area (Å²) in [5.74, 6) is 1.55. The van der Waals surface area contributed by atoms with E-state index in [1.165, 1.54) is 0 Å². The molecule has 0 aliphatic carbocycles. The van der Waals surface area contributed by atoms with Gasteiger partial charge < -0.3 is 5.32 Å². The predicted molar refractivity (Wildman–Crippen MR) is 89.7 cm³/mol. The fraction of sp³-hybridized carbons (Fsp3) is 0.533. The number of carbonyl (C=O) groups excluding carboxylic acids is 1. The molecule has 0 fully saturated rings. The van der Waals surface area contributed by atoms with Crippen LogP contribution in [0.5, 0.6) is 0 Å². The quantitative estimate of drug-likeness (QED) is 0.728. The molecule has 0 heterocycles. The summed E-state index contributed by atoms with van der Waals surface area (Å²) in [5.41, 5.74) is 0.652. The molecule has 0 radical (unpaired) electrons. The van der Waals surface area contributed by atoms with Gasteiger partial charge in [-0.3, -0.25) is 4.79 Å². The lowest BCUT2D eigenvalue weighted by Gasteiger charge is -2.25. The summed E-state index contributed by atoms with van der Waals surface area (Å²) in [4.78, 5) is 12.2. The lowest BCUT2D eigenvalue weighted by molar-refractivity contribution is 0.0936. The van der Waals surface area contributed by atoms with Gasteiger partial charge in [0.25, 0.3) is 5.91 Å². The van der Waals surface area contributed by atoms with Crippen LogP contribution in [0.25, 0.3) is 0 Å². The number of rotatable bonds is 5. The first-order valence-electron chi connectivity index (χ1n) is 6.56. The minimum Gasteiger partial charge on any atom is -0.352 e. The summed E-state index contributed by atoms with van der Waals surface area (Å²) < 4.78 is 0.921. The number of hydrogen-bond acceptors (Lipinski definition) is 1. The van der Waals surface area contributed by atoms with Crippen LogP contribution in [0.4, 0.5) is 0 Å². The lowest BCUT2D eigenvalue weighted by atomic mass is 9.85. The molecule has 0 saturated carbocycles. The fourth-order valence-corrected chi connectivity index (χ4v) is 2.97. The Kier molecular flexibility index (Phi) is 6.60. The summed E-state index contributed by atoms with van der Waals surface area (Å²) in [5, 5.41) is 3.62. The van der Waals surface area contributed by atoms with Crippen LogP contribution < -0.4 is 5.32 Å². The maximum absolute atomic E-state index is 12.2. The van der Waals surface area contributed by atoms with Gasteiger partial charge in [0.15, 0.2) is 0 Å². The van der Waals surface area contributed by atoms with E-state index in [4.69, 9.17) is 11.6 Å². The Balaban J connectivity index is 2.72. The molecule has 0 aliphatic heterocycles. The Morgan fingerprint density at radius 3 is 2.37 bits per heavy atom. The van der Waals surface area contributed by atoms with E-state index >= 15 is 0 Å². The summed E-state index contributed by atoms with van der Waals surface area (Å²) in [6.45, 7) is 9.48. The van der Waals surface area contributed by atoms with E-state index in [2.05, 4.69) is 55.6 Å². The highest BCUT2D eigenvalue weighted by atomic mass is 127. The Bertz CT molecular complexity index is 438. The molecule has 0 spiro atoms. The molecule has 0 saturated heterocycles. The van der Waals surface area contributed by atoms with Gasteiger partial charge in [0.2, 0.25) is 0 Å². The number of benzene rings is 1. The molecule has 1 N–H and O–H groups in total. The van der Waals surface area contributed by atoms with Gasteiger partial charge in [0, 0.05) is 15.1 Å². The smallest absolute Gasteiger partial charge is 0.252 e. The molecule has 0 aromatic heterocycles. The average molecular weight is 394 g/mol. The molecule has 0 aliphatic rings. The molecule has 1 aromatic rings. The fourth-order valence-electron chi connectivity index (χ4n) is 2.22. The summed E-state index contributed by atoms with van der Waals surface area (Å²) in [6.07, 6.45) is 0. The highest BCUT2D eigenvalue weighted by Gasteiger charge is 2.19. The Labute approximate surface area is 134 Å². The Morgan fingerprint density at radius 2 is 1.84 bits per heavy atom. The van der Waals surface area contributed by atoms with E-state index in [0.717, 1.165) is 3.57 Å². The van der Waals surface area contributed by atoms with E-state index in [1.54, 1.807) is 12.1 Å². The van der Waals surface area contributed by atoms with E-state index < -0.39 is 0 Å². The summed E-state index contributed by atoms with van der Waals surface area (Å²) >= 11 is 8.10. The van der Waals surface area contributed by atoms with Crippen LogP contribution in [0.1, 0.15) is 38.1 Å². The van der Waals surface area contributed by atoms with E-state index in [9.17, 15) is 4.79 Å². The van der Waals surface area contributed by atoms with Crippen molar-refractivity contribution in [1.82, 2.24) is 5.32 Å². The summed E-state index contributed by atoms with van der Waals surface area (Å²) in [6, 6.07) is 5.38. The molecule has 0 unspecified atom stereocenters. The second-order valence-electron chi connectivity index (χ2n) is 5.49. The minimum atomic E-state index is -0.0433. The molecular weight excluding hydrogens is 373 g/mol. The maximum atomic E-state index is 12.2. The molecule has 19 heavy (non-hydrogen) atoms. The van der Waals surface area contributed by atoms with Crippen molar-refractivity contribution in [2.45, 2.75) is 27.7 Å². The van der Waals surface area contributed by atoms with Crippen molar-refractivity contribution in [3.8, 4) is 0 Å². The van der Waals surface area contributed by atoms with Gasteiger partial charge in [-0.25, -0.2) is 0 Å². The normalized spacial score (nSPS) is 11.4. The van der Waals surface area contributed by atoms with Crippen molar-refractivity contribution in [3.63, 3.8) is 0 Å². The average Bonchev–Trinajstić information content (AvgIpc) is 2.31. The topological polar surface area (TPSA) is 29.1 Å². The molecule has 106 valence electrons. The molecule has 1 aromatic carbocycles. The number of amides is 1. The van der Waals surface area contributed by atoms with Crippen molar-refractivity contribution < 1.29 is 4.79 Å². The van der Waals surface area contributed by atoms with Gasteiger partial charge in [-0.1, -0.05) is 39.3 Å². The number of halogens is 2. The van der Waals surface area contributed by atoms with Crippen LogP contribution in [0, 0.1) is 21.3 Å². The molecule has 1 amide bonds. The highest BCUT2D eigenvalue weighted by Crippen LogP contribution is 2.21. The summed E-state index contributed by atoms with van der Waals surface area (Å²) in [7, 11) is 0. The Hall–Kier alpha value is -0.290.